The molecule has 0 N–H and O–H groups in total. The largest absolute Gasteiger partial charge is 0.493 e. The van der Waals surface area contributed by atoms with Crippen LogP contribution in [-0.2, 0) is 9.53 Å². The SMILES string of the molecule is CC(=O)OC1CCCCC1c1cccc(OCC2CC2)c1. The number of hydrogen-bond acceptors (Lipinski definition) is 3. The van der Waals surface area contributed by atoms with Crippen molar-refractivity contribution in [1.82, 2.24) is 0 Å². The molecule has 2 saturated carbocycles. The molecule has 2 aliphatic carbocycles. The van der Waals surface area contributed by atoms with Crippen molar-refractivity contribution >= 4 is 5.97 Å². The maximum atomic E-state index is 11.3. The molecule has 0 aromatic heterocycles. The first-order valence-corrected chi connectivity index (χ1v) is 8.12. The van der Waals surface area contributed by atoms with Gasteiger partial charge in [-0.25, -0.2) is 0 Å². The zero-order valence-electron chi connectivity index (χ0n) is 12.7. The fraction of sp³-hybridized carbons (Fsp3) is 0.611. The van der Waals surface area contributed by atoms with Crippen molar-refractivity contribution < 1.29 is 14.3 Å². The van der Waals surface area contributed by atoms with Crippen LogP contribution in [-0.4, -0.2) is 18.7 Å². The molecule has 2 unspecified atom stereocenters. The Labute approximate surface area is 126 Å². The summed E-state index contributed by atoms with van der Waals surface area (Å²) in [6.45, 7) is 2.34. The van der Waals surface area contributed by atoms with Crippen molar-refractivity contribution in [2.24, 2.45) is 5.92 Å². The fourth-order valence-corrected chi connectivity index (χ4v) is 3.17. The van der Waals surface area contributed by atoms with E-state index in [0.717, 1.165) is 37.5 Å². The second kappa shape index (κ2) is 6.50. The third-order valence-corrected chi connectivity index (χ3v) is 4.49. The number of esters is 1. The molecule has 1 aromatic carbocycles. The Morgan fingerprint density at radius 1 is 1.19 bits per heavy atom. The average Bonchev–Trinajstić information content (AvgIpc) is 3.30. The summed E-state index contributed by atoms with van der Waals surface area (Å²) in [6.07, 6.45) is 7.03. The Morgan fingerprint density at radius 2 is 2.00 bits per heavy atom. The molecular formula is C18H24O3. The number of rotatable bonds is 5. The molecule has 0 bridgehead atoms. The molecule has 0 heterocycles. The first-order valence-electron chi connectivity index (χ1n) is 8.12. The summed E-state index contributed by atoms with van der Waals surface area (Å²) in [5.74, 6) is 1.85. The van der Waals surface area contributed by atoms with Gasteiger partial charge in [-0.1, -0.05) is 18.6 Å². The molecule has 0 amide bonds. The zero-order chi connectivity index (χ0) is 14.7. The van der Waals surface area contributed by atoms with Crippen LogP contribution in [0.1, 0.15) is 56.9 Å². The molecule has 3 heteroatoms. The Hall–Kier alpha value is -1.51. The smallest absolute Gasteiger partial charge is 0.302 e. The minimum atomic E-state index is -0.173. The second-order valence-corrected chi connectivity index (χ2v) is 6.37. The van der Waals surface area contributed by atoms with Crippen LogP contribution in [0.4, 0.5) is 0 Å². The summed E-state index contributed by atoms with van der Waals surface area (Å²) in [4.78, 5) is 11.3. The molecule has 114 valence electrons. The molecule has 0 saturated heterocycles. The predicted molar refractivity (Wildman–Crippen MR) is 81.4 cm³/mol. The van der Waals surface area contributed by atoms with Gasteiger partial charge in [-0.05, 0) is 55.7 Å². The van der Waals surface area contributed by atoms with Gasteiger partial charge in [0.05, 0.1) is 6.61 Å². The summed E-state index contributed by atoms with van der Waals surface area (Å²) in [5.41, 5.74) is 1.24. The van der Waals surface area contributed by atoms with Crippen molar-refractivity contribution in [3.8, 4) is 5.75 Å². The van der Waals surface area contributed by atoms with Gasteiger partial charge in [0, 0.05) is 12.8 Å². The highest BCUT2D eigenvalue weighted by atomic mass is 16.5. The lowest BCUT2D eigenvalue weighted by atomic mass is 9.81. The zero-order valence-corrected chi connectivity index (χ0v) is 12.7. The molecule has 0 radical (unpaired) electrons. The summed E-state index contributed by atoms with van der Waals surface area (Å²) < 4.78 is 11.4. The lowest BCUT2D eigenvalue weighted by molar-refractivity contribution is -0.148. The lowest BCUT2D eigenvalue weighted by Crippen LogP contribution is -2.27. The van der Waals surface area contributed by atoms with E-state index in [1.807, 2.05) is 6.07 Å². The van der Waals surface area contributed by atoms with Crippen molar-refractivity contribution in [2.45, 2.75) is 57.5 Å². The van der Waals surface area contributed by atoms with Crippen LogP contribution in [0.3, 0.4) is 0 Å². The van der Waals surface area contributed by atoms with E-state index in [0.29, 0.717) is 5.92 Å². The molecule has 3 nitrogen and oxygen atoms in total. The van der Waals surface area contributed by atoms with Crippen molar-refractivity contribution in [2.75, 3.05) is 6.61 Å². The standard InChI is InChI=1S/C18H24O3/c1-13(19)21-18-8-3-2-7-17(18)15-5-4-6-16(11-15)20-12-14-9-10-14/h4-6,11,14,17-18H,2-3,7-10,12H2,1H3. The normalized spacial score (nSPS) is 25.4. The Morgan fingerprint density at radius 3 is 2.76 bits per heavy atom. The predicted octanol–water partition coefficient (Wildman–Crippen LogP) is 4.06. The van der Waals surface area contributed by atoms with Crippen LogP contribution in [0, 0.1) is 5.92 Å². The highest BCUT2D eigenvalue weighted by Gasteiger charge is 2.29. The van der Waals surface area contributed by atoms with Crippen LogP contribution in [0.15, 0.2) is 24.3 Å². The van der Waals surface area contributed by atoms with Gasteiger partial charge in [0.25, 0.3) is 0 Å². The highest BCUT2D eigenvalue weighted by Crippen LogP contribution is 2.36. The third-order valence-electron chi connectivity index (χ3n) is 4.49. The summed E-state index contributed by atoms with van der Waals surface area (Å²) in [5, 5.41) is 0. The average molecular weight is 288 g/mol. The Balaban J connectivity index is 1.70. The highest BCUT2D eigenvalue weighted by molar-refractivity contribution is 5.66. The number of benzene rings is 1. The maximum Gasteiger partial charge on any atom is 0.302 e. The van der Waals surface area contributed by atoms with Gasteiger partial charge >= 0.3 is 5.97 Å². The van der Waals surface area contributed by atoms with E-state index in [2.05, 4.69) is 18.2 Å². The van der Waals surface area contributed by atoms with E-state index in [1.165, 1.54) is 31.7 Å². The van der Waals surface area contributed by atoms with Crippen LogP contribution in [0.2, 0.25) is 0 Å². The summed E-state index contributed by atoms with van der Waals surface area (Å²) in [6, 6.07) is 8.35. The van der Waals surface area contributed by atoms with E-state index in [9.17, 15) is 4.79 Å². The van der Waals surface area contributed by atoms with Gasteiger partial charge in [0.15, 0.2) is 0 Å². The van der Waals surface area contributed by atoms with Gasteiger partial charge in [0.2, 0.25) is 0 Å². The van der Waals surface area contributed by atoms with Gasteiger partial charge in [0.1, 0.15) is 11.9 Å². The maximum absolute atomic E-state index is 11.3. The molecular weight excluding hydrogens is 264 g/mol. The Kier molecular flexibility index (Phi) is 4.47. The van der Waals surface area contributed by atoms with E-state index in [-0.39, 0.29) is 12.1 Å². The van der Waals surface area contributed by atoms with E-state index >= 15 is 0 Å². The molecule has 3 rings (SSSR count). The molecule has 2 atom stereocenters. The Bertz CT molecular complexity index is 493. The molecule has 21 heavy (non-hydrogen) atoms. The van der Waals surface area contributed by atoms with Crippen molar-refractivity contribution in [1.29, 1.82) is 0 Å². The van der Waals surface area contributed by atoms with Crippen LogP contribution in [0.5, 0.6) is 5.75 Å². The molecule has 1 aromatic rings. The molecule has 2 aliphatic rings. The second-order valence-electron chi connectivity index (χ2n) is 6.37. The third kappa shape index (κ3) is 3.99. The van der Waals surface area contributed by atoms with Crippen LogP contribution < -0.4 is 4.74 Å². The first-order chi connectivity index (χ1) is 10.2. The molecule has 2 fully saturated rings. The van der Waals surface area contributed by atoms with Crippen molar-refractivity contribution in [3.63, 3.8) is 0 Å². The monoisotopic (exact) mass is 288 g/mol. The fourth-order valence-electron chi connectivity index (χ4n) is 3.17. The topological polar surface area (TPSA) is 35.5 Å². The van der Waals surface area contributed by atoms with Crippen LogP contribution >= 0.6 is 0 Å². The number of ether oxygens (including phenoxy) is 2. The molecule has 0 spiro atoms. The molecule has 0 aliphatic heterocycles. The first kappa shape index (κ1) is 14.4. The minimum absolute atomic E-state index is 0.0231. The number of hydrogen-bond donors (Lipinski definition) is 0. The van der Waals surface area contributed by atoms with E-state index < -0.39 is 0 Å². The minimum Gasteiger partial charge on any atom is -0.493 e. The van der Waals surface area contributed by atoms with Gasteiger partial charge in [-0.2, -0.15) is 0 Å². The van der Waals surface area contributed by atoms with Crippen LogP contribution in [0.25, 0.3) is 0 Å². The van der Waals surface area contributed by atoms with Gasteiger partial charge < -0.3 is 9.47 Å². The van der Waals surface area contributed by atoms with Gasteiger partial charge in [-0.3, -0.25) is 4.79 Å². The number of carbonyl (C=O) groups excluding carboxylic acids is 1. The van der Waals surface area contributed by atoms with E-state index in [1.54, 1.807) is 0 Å². The summed E-state index contributed by atoms with van der Waals surface area (Å²) in [7, 11) is 0. The number of carbonyl (C=O) groups is 1. The summed E-state index contributed by atoms with van der Waals surface area (Å²) >= 11 is 0. The van der Waals surface area contributed by atoms with Crippen molar-refractivity contribution in [3.05, 3.63) is 29.8 Å². The quantitative estimate of drug-likeness (QED) is 0.766. The van der Waals surface area contributed by atoms with Gasteiger partial charge in [-0.15, -0.1) is 0 Å². The lowest BCUT2D eigenvalue weighted by Gasteiger charge is -2.31. The van der Waals surface area contributed by atoms with E-state index in [4.69, 9.17) is 9.47 Å².